The van der Waals surface area contributed by atoms with E-state index in [-0.39, 0.29) is 12.3 Å². The van der Waals surface area contributed by atoms with Gasteiger partial charge in [0.15, 0.2) is 6.17 Å². The van der Waals surface area contributed by atoms with E-state index in [0.717, 1.165) is 5.56 Å². The molecule has 1 unspecified atom stereocenters. The predicted octanol–water partition coefficient (Wildman–Crippen LogP) is 2.23. The van der Waals surface area contributed by atoms with Gasteiger partial charge >= 0.3 is 0 Å². The SMILES string of the molecule is OCc1ccc(C(F)c2ccon2)cc1. The van der Waals surface area contributed by atoms with E-state index < -0.39 is 6.17 Å². The van der Waals surface area contributed by atoms with Crippen LogP contribution in [0.4, 0.5) is 4.39 Å². The van der Waals surface area contributed by atoms with Crippen LogP contribution in [0.2, 0.25) is 0 Å². The number of aromatic nitrogens is 1. The minimum absolute atomic E-state index is 0.0405. The lowest BCUT2D eigenvalue weighted by Gasteiger charge is -2.05. The molecule has 4 heteroatoms. The molecule has 0 saturated carbocycles. The number of hydrogen-bond acceptors (Lipinski definition) is 3. The monoisotopic (exact) mass is 207 g/mol. The number of alkyl halides is 1. The lowest BCUT2D eigenvalue weighted by Crippen LogP contribution is -1.95. The minimum atomic E-state index is -1.28. The van der Waals surface area contributed by atoms with Crippen LogP contribution in [0.1, 0.15) is 23.0 Å². The van der Waals surface area contributed by atoms with E-state index in [1.54, 1.807) is 24.3 Å². The molecule has 1 N–H and O–H groups in total. The van der Waals surface area contributed by atoms with Crippen molar-refractivity contribution in [3.63, 3.8) is 0 Å². The number of aliphatic hydroxyl groups is 1. The van der Waals surface area contributed by atoms with Gasteiger partial charge in [-0.3, -0.25) is 0 Å². The summed E-state index contributed by atoms with van der Waals surface area (Å²) in [5.41, 5.74) is 1.51. The number of benzene rings is 1. The maximum atomic E-state index is 13.8. The van der Waals surface area contributed by atoms with Gasteiger partial charge in [-0.25, -0.2) is 4.39 Å². The number of aliphatic hydroxyl groups excluding tert-OH is 1. The van der Waals surface area contributed by atoms with Crippen molar-refractivity contribution < 1.29 is 14.0 Å². The Morgan fingerprint density at radius 1 is 1.27 bits per heavy atom. The Morgan fingerprint density at radius 2 is 2.00 bits per heavy atom. The van der Waals surface area contributed by atoms with Gasteiger partial charge in [-0.05, 0) is 11.1 Å². The Hall–Kier alpha value is -1.68. The molecule has 1 heterocycles. The first-order chi connectivity index (χ1) is 7.31. The quantitative estimate of drug-likeness (QED) is 0.839. The summed E-state index contributed by atoms with van der Waals surface area (Å²) in [6, 6.07) is 8.12. The Bertz CT molecular complexity index is 411. The molecule has 2 aromatic rings. The summed E-state index contributed by atoms with van der Waals surface area (Å²) in [6.07, 6.45) is 0.0563. The summed E-state index contributed by atoms with van der Waals surface area (Å²) in [4.78, 5) is 0. The zero-order valence-electron chi connectivity index (χ0n) is 7.93. The zero-order valence-corrected chi connectivity index (χ0v) is 7.93. The van der Waals surface area contributed by atoms with E-state index in [9.17, 15) is 4.39 Å². The van der Waals surface area contributed by atoms with Crippen molar-refractivity contribution in [2.45, 2.75) is 12.8 Å². The highest BCUT2D eigenvalue weighted by molar-refractivity contribution is 5.28. The second kappa shape index (κ2) is 4.23. The standard InChI is InChI=1S/C11H10FNO2/c12-11(10-5-6-15-13-10)9-3-1-8(7-14)2-4-9/h1-6,11,14H,7H2. The molecule has 0 spiro atoms. The van der Waals surface area contributed by atoms with Crippen molar-refractivity contribution in [1.29, 1.82) is 0 Å². The molecule has 1 aromatic carbocycles. The van der Waals surface area contributed by atoms with Crippen molar-refractivity contribution in [2.24, 2.45) is 0 Å². The van der Waals surface area contributed by atoms with Crippen molar-refractivity contribution >= 4 is 0 Å². The molecule has 3 nitrogen and oxygen atoms in total. The van der Waals surface area contributed by atoms with Crippen LogP contribution in [0.5, 0.6) is 0 Å². The van der Waals surface area contributed by atoms with Gasteiger partial charge in [0.2, 0.25) is 0 Å². The van der Waals surface area contributed by atoms with Crippen LogP contribution in [0.3, 0.4) is 0 Å². The lowest BCUT2D eigenvalue weighted by molar-refractivity contribution is 0.281. The number of nitrogens with zero attached hydrogens (tertiary/aromatic N) is 1. The van der Waals surface area contributed by atoms with Crippen LogP contribution >= 0.6 is 0 Å². The molecule has 0 aliphatic rings. The third-order valence-corrected chi connectivity index (χ3v) is 2.17. The molecule has 78 valence electrons. The fourth-order valence-corrected chi connectivity index (χ4v) is 1.32. The number of halogens is 1. The predicted molar refractivity (Wildman–Crippen MR) is 51.8 cm³/mol. The van der Waals surface area contributed by atoms with Crippen molar-refractivity contribution in [1.82, 2.24) is 5.16 Å². The van der Waals surface area contributed by atoms with Crippen molar-refractivity contribution in [3.8, 4) is 0 Å². The van der Waals surface area contributed by atoms with Crippen LogP contribution < -0.4 is 0 Å². The number of hydrogen-bond donors (Lipinski definition) is 1. The second-order valence-corrected chi connectivity index (χ2v) is 3.19. The molecule has 0 radical (unpaired) electrons. The highest BCUT2D eigenvalue weighted by atomic mass is 19.1. The van der Waals surface area contributed by atoms with Crippen molar-refractivity contribution in [3.05, 3.63) is 53.4 Å². The maximum absolute atomic E-state index is 13.8. The van der Waals surface area contributed by atoms with Gasteiger partial charge in [-0.1, -0.05) is 29.4 Å². The van der Waals surface area contributed by atoms with Gasteiger partial charge in [-0.2, -0.15) is 0 Å². The Labute approximate surface area is 86.1 Å². The molecule has 0 bridgehead atoms. The molecule has 0 amide bonds. The van der Waals surface area contributed by atoms with Crippen LogP contribution in [0.15, 0.2) is 41.1 Å². The van der Waals surface area contributed by atoms with E-state index in [4.69, 9.17) is 5.11 Å². The average molecular weight is 207 g/mol. The molecular formula is C11H10FNO2. The Balaban J connectivity index is 2.22. The van der Waals surface area contributed by atoms with Crippen LogP contribution in [-0.4, -0.2) is 10.3 Å². The fourth-order valence-electron chi connectivity index (χ4n) is 1.32. The van der Waals surface area contributed by atoms with Gasteiger partial charge in [-0.15, -0.1) is 0 Å². The van der Waals surface area contributed by atoms with Crippen molar-refractivity contribution in [2.75, 3.05) is 0 Å². The third-order valence-electron chi connectivity index (χ3n) is 2.17. The smallest absolute Gasteiger partial charge is 0.170 e. The molecule has 0 fully saturated rings. The van der Waals surface area contributed by atoms with E-state index >= 15 is 0 Å². The van der Waals surface area contributed by atoms with Gasteiger partial charge in [0.1, 0.15) is 12.0 Å². The van der Waals surface area contributed by atoms with Gasteiger partial charge < -0.3 is 9.63 Å². The number of rotatable bonds is 3. The summed E-state index contributed by atoms with van der Waals surface area (Å²) in [7, 11) is 0. The highest BCUT2D eigenvalue weighted by Gasteiger charge is 2.15. The average Bonchev–Trinajstić information content (AvgIpc) is 2.82. The Kier molecular flexibility index (Phi) is 2.78. The molecule has 2 rings (SSSR count). The normalized spacial score (nSPS) is 12.7. The van der Waals surface area contributed by atoms with E-state index in [2.05, 4.69) is 9.68 Å². The molecule has 0 saturated heterocycles. The molecular weight excluding hydrogens is 197 g/mol. The summed E-state index contributed by atoms with van der Waals surface area (Å²) >= 11 is 0. The first-order valence-electron chi connectivity index (χ1n) is 4.55. The topological polar surface area (TPSA) is 46.3 Å². The first kappa shape index (κ1) is 9.86. The largest absolute Gasteiger partial charge is 0.392 e. The molecule has 15 heavy (non-hydrogen) atoms. The summed E-state index contributed by atoms with van der Waals surface area (Å²) in [5.74, 6) is 0. The van der Waals surface area contributed by atoms with E-state index in [0.29, 0.717) is 5.56 Å². The fraction of sp³-hybridized carbons (Fsp3) is 0.182. The first-order valence-corrected chi connectivity index (χ1v) is 4.55. The van der Waals surface area contributed by atoms with Gasteiger partial charge in [0, 0.05) is 6.07 Å². The zero-order chi connectivity index (χ0) is 10.7. The van der Waals surface area contributed by atoms with E-state index in [1.165, 1.54) is 12.3 Å². The lowest BCUT2D eigenvalue weighted by atomic mass is 10.1. The highest BCUT2D eigenvalue weighted by Crippen LogP contribution is 2.24. The second-order valence-electron chi connectivity index (χ2n) is 3.19. The molecule has 0 aliphatic carbocycles. The van der Waals surface area contributed by atoms with E-state index in [1.807, 2.05) is 0 Å². The summed E-state index contributed by atoms with van der Waals surface area (Å²) in [6.45, 7) is -0.0405. The minimum Gasteiger partial charge on any atom is -0.392 e. The van der Waals surface area contributed by atoms with Crippen LogP contribution in [0.25, 0.3) is 0 Å². The van der Waals surface area contributed by atoms with Gasteiger partial charge in [0.05, 0.1) is 6.61 Å². The Morgan fingerprint density at radius 3 is 2.53 bits per heavy atom. The van der Waals surface area contributed by atoms with Gasteiger partial charge in [0.25, 0.3) is 0 Å². The van der Waals surface area contributed by atoms with Crippen LogP contribution in [-0.2, 0) is 6.61 Å². The summed E-state index contributed by atoms with van der Waals surface area (Å²) in [5, 5.41) is 12.4. The summed E-state index contributed by atoms with van der Waals surface area (Å²) < 4.78 is 18.3. The third kappa shape index (κ3) is 2.05. The molecule has 1 atom stereocenters. The maximum Gasteiger partial charge on any atom is 0.170 e. The molecule has 1 aromatic heterocycles. The molecule has 0 aliphatic heterocycles. The van der Waals surface area contributed by atoms with Crippen LogP contribution in [0, 0.1) is 0 Å².